The van der Waals surface area contributed by atoms with Crippen LogP contribution in [0, 0.1) is 5.92 Å². The molecule has 0 aliphatic heterocycles. The first-order valence-corrected chi connectivity index (χ1v) is 4.18. The molecule has 0 fully saturated rings. The van der Waals surface area contributed by atoms with Gasteiger partial charge in [0.15, 0.2) is 0 Å². The summed E-state index contributed by atoms with van der Waals surface area (Å²) in [7, 11) is 1.49. The van der Waals surface area contributed by atoms with Crippen LogP contribution in [0.2, 0.25) is 0 Å². The lowest BCUT2D eigenvalue weighted by molar-refractivity contribution is 0.414. The fraction of sp³-hybridized carbons (Fsp3) is 0.455. The number of benzene rings is 1. The lowest BCUT2D eigenvalue weighted by atomic mass is 10.0. The summed E-state index contributed by atoms with van der Waals surface area (Å²) in [5, 5.41) is 0. The molecule has 66 valence electrons. The van der Waals surface area contributed by atoms with Crippen LogP contribution in [-0.4, -0.2) is 7.11 Å². The Morgan fingerprint density at radius 1 is 1.42 bits per heavy atom. The maximum absolute atomic E-state index is 7.65. The van der Waals surface area contributed by atoms with Gasteiger partial charge in [0.05, 0.1) is 9.85 Å². The summed E-state index contributed by atoms with van der Waals surface area (Å²) in [6, 6.07) is 4.15. The van der Waals surface area contributed by atoms with Crippen molar-refractivity contribution < 1.29 is 7.48 Å². The molecule has 0 heterocycles. The molecule has 1 nitrogen and oxygen atoms in total. The third kappa shape index (κ3) is 2.57. The zero-order chi connectivity index (χ0) is 10.7. The maximum atomic E-state index is 7.65. The zero-order valence-corrected chi connectivity index (χ0v) is 7.85. The summed E-state index contributed by atoms with van der Waals surface area (Å²) in [5.41, 5.74) is 1.04. The molecule has 0 unspecified atom stereocenters. The van der Waals surface area contributed by atoms with Crippen LogP contribution >= 0.6 is 0 Å². The van der Waals surface area contributed by atoms with Gasteiger partial charge in [0.2, 0.25) is 0 Å². The van der Waals surface area contributed by atoms with Gasteiger partial charge in [-0.1, -0.05) is 26.0 Å². The lowest BCUT2D eigenvalue weighted by Crippen LogP contribution is -1.93. The van der Waals surface area contributed by atoms with E-state index in [0.717, 1.165) is 12.0 Å². The van der Waals surface area contributed by atoms with Gasteiger partial charge in [-0.2, -0.15) is 0 Å². The van der Waals surface area contributed by atoms with Crippen LogP contribution in [0.5, 0.6) is 5.75 Å². The van der Waals surface area contributed by atoms with E-state index in [9.17, 15) is 0 Å². The molecule has 0 atom stereocenters. The Balaban J connectivity index is 3.01. The molecule has 0 aromatic heterocycles. The van der Waals surface area contributed by atoms with Gasteiger partial charge in [0, 0.05) is 0 Å². The highest BCUT2D eigenvalue weighted by molar-refractivity contribution is 5.27. The molecule has 0 amide bonds. The Morgan fingerprint density at radius 3 is 2.42 bits per heavy atom. The number of methoxy groups -OCH3 is 1. The molecule has 0 spiro atoms. The van der Waals surface area contributed by atoms with Crippen molar-refractivity contribution in [1.82, 2.24) is 0 Å². The van der Waals surface area contributed by atoms with E-state index in [1.807, 2.05) is 0 Å². The highest BCUT2D eigenvalue weighted by Gasteiger charge is 1.97. The van der Waals surface area contributed by atoms with E-state index in [0.29, 0.717) is 23.8 Å². The van der Waals surface area contributed by atoms with Gasteiger partial charge in [0.1, 0.15) is 5.75 Å². The van der Waals surface area contributed by atoms with E-state index in [-0.39, 0.29) is 0 Å². The number of hydrogen-bond donors (Lipinski definition) is 0. The number of hydrogen-bond acceptors (Lipinski definition) is 1. The van der Waals surface area contributed by atoms with Crippen molar-refractivity contribution >= 4 is 0 Å². The summed E-state index contributed by atoms with van der Waals surface area (Å²) >= 11 is 0. The predicted octanol–water partition coefficient (Wildman–Crippen LogP) is 2.89. The van der Waals surface area contributed by atoms with Gasteiger partial charge in [-0.05, 0) is 30.0 Å². The smallest absolute Gasteiger partial charge is 0.118 e. The van der Waals surface area contributed by atoms with Gasteiger partial charge < -0.3 is 4.74 Å². The Morgan fingerprint density at radius 2 is 2.00 bits per heavy atom. The summed E-state index contributed by atoms with van der Waals surface area (Å²) in [6.45, 7) is 4.24. The van der Waals surface area contributed by atoms with E-state index >= 15 is 0 Å². The molecule has 0 radical (unpaired) electrons. The first kappa shape index (κ1) is 6.53. The van der Waals surface area contributed by atoms with Crippen molar-refractivity contribution in [3.05, 3.63) is 29.8 Å². The van der Waals surface area contributed by atoms with E-state index in [2.05, 4.69) is 13.8 Å². The third-order valence-corrected chi connectivity index (χ3v) is 1.63. The van der Waals surface area contributed by atoms with Crippen LogP contribution in [0.3, 0.4) is 0 Å². The highest BCUT2D eigenvalue weighted by atomic mass is 16.5. The molecular weight excluding hydrogens is 148 g/mol. The monoisotopic (exact) mass is 166 g/mol. The van der Waals surface area contributed by atoms with Gasteiger partial charge in [-0.15, -0.1) is 0 Å². The van der Waals surface area contributed by atoms with Gasteiger partial charge in [-0.25, -0.2) is 0 Å². The normalized spacial score (nSPS) is 12.7. The van der Waals surface area contributed by atoms with Gasteiger partial charge >= 0.3 is 0 Å². The molecular formula is C11H16O. The lowest BCUT2D eigenvalue weighted by Gasteiger charge is -2.05. The topological polar surface area (TPSA) is 9.23 Å². The predicted molar refractivity (Wildman–Crippen MR) is 51.5 cm³/mol. The molecule has 0 aliphatic carbocycles. The summed E-state index contributed by atoms with van der Waals surface area (Å²) < 4.78 is 20.3. The average molecular weight is 166 g/mol. The van der Waals surface area contributed by atoms with Crippen molar-refractivity contribution in [2.75, 3.05) is 7.11 Å². The van der Waals surface area contributed by atoms with Crippen LogP contribution in [0.15, 0.2) is 24.2 Å². The molecule has 0 bridgehead atoms. The van der Waals surface area contributed by atoms with Crippen molar-refractivity contribution in [1.29, 1.82) is 0 Å². The first-order chi connectivity index (χ1) is 6.54. The zero-order valence-electron chi connectivity index (χ0n) is 9.85. The molecule has 1 heteroatoms. The maximum Gasteiger partial charge on any atom is 0.118 e. The quantitative estimate of drug-likeness (QED) is 0.671. The largest absolute Gasteiger partial charge is 0.497 e. The highest BCUT2D eigenvalue weighted by Crippen LogP contribution is 2.13. The minimum absolute atomic E-state index is 0.302. The van der Waals surface area contributed by atoms with Crippen molar-refractivity contribution in [3.8, 4) is 5.75 Å². The van der Waals surface area contributed by atoms with E-state index in [4.69, 9.17) is 7.48 Å². The summed E-state index contributed by atoms with van der Waals surface area (Å²) in [5.74, 6) is 0.903. The van der Waals surface area contributed by atoms with E-state index in [1.54, 1.807) is 12.1 Å². The van der Waals surface area contributed by atoms with Crippen LogP contribution in [0.25, 0.3) is 0 Å². The standard InChI is InChI=1S/C11H16O/c1-9(2)8-10-4-6-11(12-3)7-5-10/h4-7,9H,8H2,1-3H3/i6D,7D. The second-order valence-corrected chi connectivity index (χ2v) is 3.28. The molecule has 0 saturated carbocycles. The number of rotatable bonds is 3. The summed E-state index contributed by atoms with van der Waals surface area (Å²) in [6.07, 6.45) is 0.905. The molecule has 0 aliphatic rings. The first-order valence-electron chi connectivity index (χ1n) is 5.18. The SMILES string of the molecule is [2H]c1cc(CC(C)C)cc([2H])c1OC. The molecule has 1 rings (SSSR count). The fourth-order valence-corrected chi connectivity index (χ4v) is 1.11. The number of ether oxygens (including phenoxy) is 1. The minimum atomic E-state index is 0.302. The van der Waals surface area contributed by atoms with Crippen LogP contribution < -0.4 is 4.74 Å². The van der Waals surface area contributed by atoms with Crippen LogP contribution in [-0.2, 0) is 6.42 Å². The van der Waals surface area contributed by atoms with Gasteiger partial charge in [-0.3, -0.25) is 0 Å². The third-order valence-electron chi connectivity index (χ3n) is 1.63. The van der Waals surface area contributed by atoms with Crippen molar-refractivity contribution in [3.63, 3.8) is 0 Å². The minimum Gasteiger partial charge on any atom is -0.497 e. The fourth-order valence-electron chi connectivity index (χ4n) is 1.11. The molecule has 1 aromatic carbocycles. The van der Waals surface area contributed by atoms with Crippen LogP contribution in [0.4, 0.5) is 0 Å². The van der Waals surface area contributed by atoms with Crippen LogP contribution in [0.1, 0.15) is 22.2 Å². The van der Waals surface area contributed by atoms with Crippen molar-refractivity contribution in [2.45, 2.75) is 20.3 Å². The second-order valence-electron chi connectivity index (χ2n) is 3.28. The van der Waals surface area contributed by atoms with Crippen molar-refractivity contribution in [2.24, 2.45) is 5.92 Å². The summed E-state index contributed by atoms with van der Waals surface area (Å²) in [4.78, 5) is 0. The second kappa shape index (κ2) is 4.15. The Kier molecular flexibility index (Phi) is 2.26. The van der Waals surface area contributed by atoms with E-state index < -0.39 is 0 Å². The van der Waals surface area contributed by atoms with Gasteiger partial charge in [0.25, 0.3) is 0 Å². The van der Waals surface area contributed by atoms with E-state index in [1.165, 1.54) is 7.11 Å². The molecule has 1 aromatic rings. The molecule has 0 saturated heterocycles. The molecule has 12 heavy (non-hydrogen) atoms. The Labute approximate surface area is 77.2 Å². The average Bonchev–Trinajstić information content (AvgIpc) is 2.01. The Bertz CT molecular complexity index is 298. The molecule has 0 N–H and O–H groups in total. The Hall–Kier alpha value is -0.980.